The Hall–Kier alpha value is -1.40. The van der Waals surface area contributed by atoms with Gasteiger partial charge < -0.3 is 4.74 Å². The average molecular weight is 328 g/mol. The predicted octanol–water partition coefficient (Wildman–Crippen LogP) is 4.31. The molecule has 0 radical (unpaired) electrons. The number of aryl methyl sites for hydroxylation is 1. The standard InChI is InChI=1S/C12H10BrNO3S/c1-8-3-2-4-11(14(15)16)12(8)17-6-10-5-9(13)7-18-10/h2-5,7H,6H2,1H3. The summed E-state index contributed by atoms with van der Waals surface area (Å²) < 4.78 is 6.57. The van der Waals surface area contributed by atoms with Gasteiger partial charge in [-0.3, -0.25) is 10.1 Å². The SMILES string of the molecule is Cc1cccc([N+](=O)[O-])c1OCc1cc(Br)cs1. The van der Waals surface area contributed by atoms with Gasteiger partial charge in [0.2, 0.25) is 0 Å². The number of halogens is 1. The van der Waals surface area contributed by atoms with Crippen molar-refractivity contribution in [1.82, 2.24) is 0 Å². The summed E-state index contributed by atoms with van der Waals surface area (Å²) in [4.78, 5) is 11.5. The lowest BCUT2D eigenvalue weighted by Crippen LogP contribution is -1.99. The van der Waals surface area contributed by atoms with Crippen LogP contribution in [0, 0.1) is 17.0 Å². The Bertz CT molecular complexity index is 582. The first-order valence-electron chi connectivity index (χ1n) is 5.17. The van der Waals surface area contributed by atoms with Gasteiger partial charge in [0.1, 0.15) is 6.61 Å². The van der Waals surface area contributed by atoms with E-state index in [0.29, 0.717) is 12.4 Å². The molecule has 6 heteroatoms. The van der Waals surface area contributed by atoms with Crippen molar-refractivity contribution in [3.63, 3.8) is 0 Å². The largest absolute Gasteiger partial charge is 0.481 e. The smallest absolute Gasteiger partial charge is 0.311 e. The molecular weight excluding hydrogens is 318 g/mol. The molecule has 0 aliphatic carbocycles. The minimum absolute atomic E-state index is 0.00521. The van der Waals surface area contributed by atoms with Crippen molar-refractivity contribution in [2.75, 3.05) is 0 Å². The van der Waals surface area contributed by atoms with E-state index in [2.05, 4.69) is 15.9 Å². The molecule has 2 rings (SSSR count). The fourth-order valence-corrected chi connectivity index (χ4v) is 2.90. The number of nitro benzene ring substituents is 1. The quantitative estimate of drug-likeness (QED) is 0.621. The Morgan fingerprint density at radius 1 is 1.50 bits per heavy atom. The maximum Gasteiger partial charge on any atom is 0.311 e. The fraction of sp³-hybridized carbons (Fsp3) is 0.167. The highest BCUT2D eigenvalue weighted by Crippen LogP contribution is 2.31. The van der Waals surface area contributed by atoms with Crippen LogP contribution in [-0.2, 0) is 6.61 Å². The molecule has 18 heavy (non-hydrogen) atoms. The van der Waals surface area contributed by atoms with Crippen molar-refractivity contribution in [3.05, 3.63) is 54.7 Å². The van der Waals surface area contributed by atoms with Gasteiger partial charge in [0.25, 0.3) is 0 Å². The minimum atomic E-state index is -0.424. The summed E-state index contributed by atoms with van der Waals surface area (Å²) in [5, 5.41) is 12.9. The molecule has 1 aromatic carbocycles. The lowest BCUT2D eigenvalue weighted by Gasteiger charge is -2.08. The monoisotopic (exact) mass is 327 g/mol. The maximum atomic E-state index is 10.9. The molecule has 0 saturated carbocycles. The first-order chi connectivity index (χ1) is 8.58. The van der Waals surface area contributed by atoms with Crippen LogP contribution in [0.3, 0.4) is 0 Å². The van der Waals surface area contributed by atoms with Crippen molar-refractivity contribution in [2.45, 2.75) is 13.5 Å². The average Bonchev–Trinajstić information content (AvgIpc) is 2.73. The van der Waals surface area contributed by atoms with Crippen LogP contribution in [0.25, 0.3) is 0 Å². The van der Waals surface area contributed by atoms with E-state index < -0.39 is 4.92 Å². The van der Waals surface area contributed by atoms with E-state index in [0.717, 1.165) is 14.9 Å². The van der Waals surface area contributed by atoms with Gasteiger partial charge in [0.05, 0.1) is 4.92 Å². The van der Waals surface area contributed by atoms with Crippen LogP contribution in [0.2, 0.25) is 0 Å². The molecule has 0 spiro atoms. The van der Waals surface area contributed by atoms with Crippen molar-refractivity contribution in [2.24, 2.45) is 0 Å². The number of thiophene rings is 1. The summed E-state index contributed by atoms with van der Waals surface area (Å²) in [5.41, 5.74) is 0.769. The normalized spacial score (nSPS) is 10.3. The van der Waals surface area contributed by atoms with E-state index >= 15 is 0 Å². The van der Waals surface area contributed by atoms with E-state index in [4.69, 9.17) is 4.74 Å². The summed E-state index contributed by atoms with van der Waals surface area (Å²) in [5.74, 6) is 0.340. The van der Waals surface area contributed by atoms with Gasteiger partial charge in [-0.15, -0.1) is 11.3 Å². The molecule has 2 aromatic rings. The highest BCUT2D eigenvalue weighted by Gasteiger charge is 2.17. The van der Waals surface area contributed by atoms with Crippen molar-refractivity contribution in [1.29, 1.82) is 0 Å². The molecule has 4 nitrogen and oxygen atoms in total. The summed E-state index contributed by atoms with van der Waals surface area (Å²) in [6, 6.07) is 6.84. The zero-order chi connectivity index (χ0) is 13.1. The highest BCUT2D eigenvalue weighted by atomic mass is 79.9. The second kappa shape index (κ2) is 5.49. The third kappa shape index (κ3) is 2.88. The lowest BCUT2D eigenvalue weighted by atomic mass is 10.2. The third-order valence-corrected chi connectivity index (χ3v) is 4.04. The Kier molecular flexibility index (Phi) is 3.98. The number of hydrogen-bond acceptors (Lipinski definition) is 4. The number of para-hydroxylation sites is 1. The number of hydrogen-bond donors (Lipinski definition) is 0. The Morgan fingerprint density at radius 2 is 2.28 bits per heavy atom. The molecule has 1 heterocycles. The van der Waals surface area contributed by atoms with Gasteiger partial charge in [0, 0.05) is 20.8 Å². The number of nitrogens with zero attached hydrogens (tertiary/aromatic N) is 1. The molecule has 0 amide bonds. The lowest BCUT2D eigenvalue weighted by molar-refractivity contribution is -0.386. The van der Waals surface area contributed by atoms with Gasteiger partial charge in [-0.05, 0) is 34.5 Å². The Labute approximate surface area is 116 Å². The van der Waals surface area contributed by atoms with E-state index in [1.807, 2.05) is 11.4 Å². The maximum absolute atomic E-state index is 10.9. The first-order valence-corrected chi connectivity index (χ1v) is 6.85. The molecule has 1 aromatic heterocycles. The summed E-state index contributed by atoms with van der Waals surface area (Å²) in [7, 11) is 0. The van der Waals surface area contributed by atoms with Gasteiger partial charge in [0.15, 0.2) is 5.75 Å². The van der Waals surface area contributed by atoms with Crippen LogP contribution in [0.15, 0.2) is 34.1 Å². The summed E-state index contributed by atoms with van der Waals surface area (Å²) in [6.07, 6.45) is 0. The molecule has 0 N–H and O–H groups in total. The van der Waals surface area contributed by atoms with E-state index in [-0.39, 0.29) is 5.69 Å². The van der Waals surface area contributed by atoms with Crippen LogP contribution < -0.4 is 4.74 Å². The first kappa shape index (κ1) is 13.0. The van der Waals surface area contributed by atoms with E-state index in [1.165, 1.54) is 6.07 Å². The molecule has 0 fully saturated rings. The Balaban J connectivity index is 2.20. The molecular formula is C12H10BrNO3S. The molecule has 0 bridgehead atoms. The van der Waals surface area contributed by atoms with Crippen LogP contribution in [0.1, 0.15) is 10.4 Å². The number of benzene rings is 1. The topological polar surface area (TPSA) is 52.4 Å². The molecule has 0 unspecified atom stereocenters. The van der Waals surface area contributed by atoms with Gasteiger partial charge in [-0.25, -0.2) is 0 Å². The minimum Gasteiger partial charge on any atom is -0.481 e. The molecule has 0 aliphatic rings. The van der Waals surface area contributed by atoms with Gasteiger partial charge in [-0.1, -0.05) is 12.1 Å². The fourth-order valence-electron chi connectivity index (χ4n) is 1.54. The van der Waals surface area contributed by atoms with Crippen LogP contribution in [0.5, 0.6) is 5.75 Å². The number of ether oxygens (including phenoxy) is 1. The van der Waals surface area contributed by atoms with Crippen LogP contribution in [-0.4, -0.2) is 4.92 Å². The number of rotatable bonds is 4. The van der Waals surface area contributed by atoms with Crippen LogP contribution >= 0.6 is 27.3 Å². The predicted molar refractivity (Wildman–Crippen MR) is 74.2 cm³/mol. The zero-order valence-electron chi connectivity index (χ0n) is 9.55. The van der Waals surface area contributed by atoms with Gasteiger partial charge >= 0.3 is 5.69 Å². The summed E-state index contributed by atoms with van der Waals surface area (Å²) >= 11 is 4.90. The zero-order valence-corrected chi connectivity index (χ0v) is 12.0. The van der Waals surface area contributed by atoms with Crippen LogP contribution in [0.4, 0.5) is 5.69 Å². The van der Waals surface area contributed by atoms with Crippen molar-refractivity contribution < 1.29 is 9.66 Å². The van der Waals surface area contributed by atoms with Crippen molar-refractivity contribution in [3.8, 4) is 5.75 Å². The van der Waals surface area contributed by atoms with Gasteiger partial charge in [-0.2, -0.15) is 0 Å². The Morgan fingerprint density at radius 3 is 2.89 bits per heavy atom. The van der Waals surface area contributed by atoms with Crippen molar-refractivity contribution >= 4 is 33.0 Å². The molecule has 0 atom stereocenters. The molecule has 0 saturated heterocycles. The second-order valence-corrected chi connectivity index (χ2v) is 5.61. The highest BCUT2D eigenvalue weighted by molar-refractivity contribution is 9.10. The molecule has 0 aliphatic heterocycles. The summed E-state index contributed by atoms with van der Waals surface area (Å²) in [6.45, 7) is 2.13. The number of nitro groups is 1. The third-order valence-electron chi connectivity index (χ3n) is 2.37. The second-order valence-electron chi connectivity index (χ2n) is 3.70. The molecule has 94 valence electrons. The van der Waals surface area contributed by atoms with E-state index in [9.17, 15) is 10.1 Å². The van der Waals surface area contributed by atoms with E-state index in [1.54, 1.807) is 30.4 Å².